The van der Waals surface area contributed by atoms with E-state index in [0.29, 0.717) is 13.0 Å². The molecule has 5 nitrogen and oxygen atoms in total. The van der Waals surface area contributed by atoms with Gasteiger partial charge >= 0.3 is 6.16 Å². The fraction of sp³-hybridized carbons (Fsp3) is 0.800. The molecule has 10 heavy (non-hydrogen) atoms. The van der Waals surface area contributed by atoms with Crippen LogP contribution in [0.5, 0.6) is 0 Å². The Morgan fingerprint density at radius 1 is 1.60 bits per heavy atom. The van der Waals surface area contributed by atoms with Crippen LogP contribution in [0.4, 0.5) is 4.79 Å². The second kappa shape index (κ2) is 6.31. The molecule has 0 fully saturated rings. The summed E-state index contributed by atoms with van der Waals surface area (Å²) in [6.45, 7) is 0.931. The van der Waals surface area contributed by atoms with E-state index in [1.54, 1.807) is 0 Å². The van der Waals surface area contributed by atoms with Crippen LogP contribution in [0, 0.1) is 0 Å². The number of rotatable bonds is 5. The first-order valence-electron chi connectivity index (χ1n) is 3.06. The minimum Gasteiger partial charge on any atom is -0.450 e. The van der Waals surface area contributed by atoms with Gasteiger partial charge in [0.1, 0.15) is 0 Å². The summed E-state index contributed by atoms with van der Waals surface area (Å²) in [5.74, 6) is 4.96. The summed E-state index contributed by atoms with van der Waals surface area (Å²) >= 11 is 0. The molecule has 0 amide bonds. The molecule has 0 heterocycles. The van der Waals surface area contributed by atoms with Gasteiger partial charge < -0.3 is 9.84 Å². The van der Waals surface area contributed by atoms with Crippen molar-refractivity contribution in [3.63, 3.8) is 0 Å². The quantitative estimate of drug-likeness (QED) is 0.220. The van der Waals surface area contributed by atoms with Gasteiger partial charge in [-0.3, -0.25) is 11.3 Å². The lowest BCUT2D eigenvalue weighted by molar-refractivity contribution is 0.0901. The van der Waals surface area contributed by atoms with E-state index < -0.39 is 6.16 Å². The maximum Gasteiger partial charge on any atom is 0.505 e. The van der Waals surface area contributed by atoms with Crippen molar-refractivity contribution >= 4 is 6.16 Å². The molecule has 0 aliphatic carbocycles. The number of nitrogens with one attached hydrogen (secondary N) is 1. The van der Waals surface area contributed by atoms with E-state index in [9.17, 15) is 4.79 Å². The molecule has 0 spiro atoms. The lowest BCUT2D eigenvalue weighted by atomic mass is 10.3. The Balaban J connectivity index is 2.84. The number of hydrazine groups is 1. The van der Waals surface area contributed by atoms with Crippen LogP contribution in [0.2, 0.25) is 0 Å². The van der Waals surface area contributed by atoms with E-state index in [1.165, 1.54) is 0 Å². The summed E-state index contributed by atoms with van der Waals surface area (Å²) in [6, 6.07) is 0. The molecule has 0 aliphatic rings. The van der Waals surface area contributed by atoms with Gasteiger partial charge in [-0.25, -0.2) is 4.79 Å². The molecule has 5 heteroatoms. The van der Waals surface area contributed by atoms with Crippen molar-refractivity contribution in [2.24, 2.45) is 5.84 Å². The normalized spacial score (nSPS) is 9.30. The molecule has 0 unspecified atom stereocenters. The van der Waals surface area contributed by atoms with Crippen LogP contribution in [-0.4, -0.2) is 24.4 Å². The molecule has 0 atom stereocenters. The van der Waals surface area contributed by atoms with Crippen molar-refractivity contribution in [3.8, 4) is 0 Å². The van der Waals surface area contributed by atoms with E-state index in [4.69, 9.17) is 10.9 Å². The molecule has 0 aliphatic heterocycles. The summed E-state index contributed by atoms with van der Waals surface area (Å²) in [5, 5.41) is 8.01. The number of hydrogen-bond acceptors (Lipinski definition) is 4. The number of unbranched alkanes of at least 4 members (excludes halogenated alkanes) is 1. The molecule has 0 saturated heterocycles. The van der Waals surface area contributed by atoms with Crippen molar-refractivity contribution in [1.29, 1.82) is 0 Å². The molecular formula is C5H12N2O3. The Hall–Kier alpha value is -0.810. The Kier molecular flexibility index (Phi) is 5.80. The van der Waals surface area contributed by atoms with Gasteiger partial charge in [0.25, 0.3) is 0 Å². The average Bonchev–Trinajstić information content (AvgIpc) is 1.87. The largest absolute Gasteiger partial charge is 0.505 e. The third-order valence-electron chi connectivity index (χ3n) is 0.941. The van der Waals surface area contributed by atoms with Crippen LogP contribution < -0.4 is 11.3 Å². The van der Waals surface area contributed by atoms with Gasteiger partial charge in [-0.15, -0.1) is 0 Å². The van der Waals surface area contributed by atoms with Gasteiger partial charge in [0.2, 0.25) is 0 Å². The Morgan fingerprint density at radius 2 is 2.30 bits per heavy atom. The number of hydrogen-bond donors (Lipinski definition) is 3. The first kappa shape index (κ1) is 9.19. The zero-order valence-electron chi connectivity index (χ0n) is 5.67. The molecule has 60 valence electrons. The minimum atomic E-state index is -1.22. The number of carbonyl (C=O) groups is 1. The number of ether oxygens (including phenoxy) is 1. The minimum absolute atomic E-state index is 0.247. The van der Waals surface area contributed by atoms with Gasteiger partial charge in [-0.05, 0) is 12.8 Å². The summed E-state index contributed by atoms with van der Waals surface area (Å²) in [4.78, 5) is 9.77. The van der Waals surface area contributed by atoms with E-state index in [0.717, 1.165) is 6.42 Å². The number of nitrogens with two attached hydrogens (primary N) is 1. The highest BCUT2D eigenvalue weighted by molar-refractivity contribution is 5.56. The zero-order chi connectivity index (χ0) is 7.82. The molecule has 4 N–H and O–H groups in total. The fourth-order valence-corrected chi connectivity index (χ4v) is 0.489. The Morgan fingerprint density at radius 3 is 2.80 bits per heavy atom. The van der Waals surface area contributed by atoms with Gasteiger partial charge in [-0.1, -0.05) is 0 Å². The standard InChI is InChI=1S/C5H12N2O3/c6-7-3-1-2-4-10-5(8)9/h7H,1-4,6H2,(H,8,9). The smallest absolute Gasteiger partial charge is 0.450 e. The zero-order valence-corrected chi connectivity index (χ0v) is 5.67. The lowest BCUT2D eigenvalue weighted by Crippen LogP contribution is -2.23. The van der Waals surface area contributed by atoms with E-state index in [-0.39, 0.29) is 6.61 Å². The van der Waals surface area contributed by atoms with Gasteiger partial charge in [0, 0.05) is 6.54 Å². The molecular weight excluding hydrogens is 136 g/mol. The van der Waals surface area contributed by atoms with Crippen molar-refractivity contribution in [3.05, 3.63) is 0 Å². The van der Waals surface area contributed by atoms with Crippen molar-refractivity contribution in [2.45, 2.75) is 12.8 Å². The summed E-state index contributed by atoms with van der Waals surface area (Å²) in [6.07, 6.45) is 0.306. The summed E-state index contributed by atoms with van der Waals surface area (Å²) in [5.41, 5.74) is 2.45. The van der Waals surface area contributed by atoms with Crippen molar-refractivity contribution in [2.75, 3.05) is 13.2 Å². The first-order valence-corrected chi connectivity index (χ1v) is 3.06. The van der Waals surface area contributed by atoms with Crippen LogP contribution in [-0.2, 0) is 4.74 Å². The monoisotopic (exact) mass is 148 g/mol. The predicted molar refractivity (Wildman–Crippen MR) is 35.4 cm³/mol. The molecule has 0 aromatic heterocycles. The SMILES string of the molecule is NNCCCCOC(=O)O. The fourth-order valence-electron chi connectivity index (χ4n) is 0.489. The second-order valence-corrected chi connectivity index (χ2v) is 1.78. The molecule has 0 saturated carbocycles. The molecule has 0 aromatic carbocycles. The maximum absolute atomic E-state index is 9.77. The number of carboxylic acid groups (broad SMARTS) is 1. The molecule has 0 bridgehead atoms. The Labute approximate surface area is 59.1 Å². The second-order valence-electron chi connectivity index (χ2n) is 1.78. The highest BCUT2D eigenvalue weighted by Crippen LogP contribution is 1.87. The van der Waals surface area contributed by atoms with Gasteiger partial charge in [0.15, 0.2) is 0 Å². The van der Waals surface area contributed by atoms with Crippen LogP contribution in [0.15, 0.2) is 0 Å². The summed E-state index contributed by atoms with van der Waals surface area (Å²) in [7, 11) is 0. The maximum atomic E-state index is 9.77. The third-order valence-corrected chi connectivity index (χ3v) is 0.941. The van der Waals surface area contributed by atoms with Crippen molar-refractivity contribution < 1.29 is 14.6 Å². The molecule has 0 rings (SSSR count). The van der Waals surface area contributed by atoms with E-state index in [1.807, 2.05) is 0 Å². The summed E-state index contributed by atoms with van der Waals surface area (Å²) < 4.78 is 4.24. The third kappa shape index (κ3) is 7.19. The predicted octanol–water partition coefficient (Wildman–Crippen LogP) is -0.0755. The van der Waals surface area contributed by atoms with Crippen LogP contribution >= 0.6 is 0 Å². The topological polar surface area (TPSA) is 84.6 Å². The highest BCUT2D eigenvalue weighted by atomic mass is 16.7. The van der Waals surface area contributed by atoms with Crippen LogP contribution in [0.25, 0.3) is 0 Å². The molecule has 0 aromatic rings. The van der Waals surface area contributed by atoms with Gasteiger partial charge in [0.05, 0.1) is 6.61 Å². The highest BCUT2D eigenvalue weighted by Gasteiger charge is 1.93. The van der Waals surface area contributed by atoms with E-state index >= 15 is 0 Å². The van der Waals surface area contributed by atoms with Crippen LogP contribution in [0.3, 0.4) is 0 Å². The lowest BCUT2D eigenvalue weighted by Gasteiger charge is -1.98. The van der Waals surface area contributed by atoms with Gasteiger partial charge in [-0.2, -0.15) is 0 Å². The van der Waals surface area contributed by atoms with Crippen LogP contribution in [0.1, 0.15) is 12.8 Å². The first-order chi connectivity index (χ1) is 4.77. The molecule has 0 radical (unpaired) electrons. The average molecular weight is 148 g/mol. The van der Waals surface area contributed by atoms with Crippen molar-refractivity contribution in [1.82, 2.24) is 5.43 Å². The van der Waals surface area contributed by atoms with E-state index in [2.05, 4.69) is 10.2 Å². The Bertz CT molecular complexity index is 96.9.